The topological polar surface area (TPSA) is 78.9 Å². The largest absolute Gasteiger partial charge is 0.466 e. The number of carbonyl (C=O) groups excluding carboxylic acids is 3. The molecule has 0 saturated heterocycles. The van der Waals surface area contributed by atoms with Crippen molar-refractivity contribution in [1.82, 2.24) is 0 Å². The number of benzene rings is 1. The van der Waals surface area contributed by atoms with Crippen LogP contribution in [0.4, 0.5) is 0 Å². The lowest BCUT2D eigenvalue weighted by molar-refractivity contribution is -0.179. The van der Waals surface area contributed by atoms with Crippen LogP contribution < -0.4 is 0 Å². The molecular weight excluding hydrogens is 384 g/mol. The molecule has 0 spiro atoms. The maximum Gasteiger partial charge on any atom is 0.324 e. The van der Waals surface area contributed by atoms with Crippen molar-refractivity contribution in [2.24, 2.45) is 5.41 Å². The first kappa shape index (κ1) is 22.2. The molecule has 154 valence electrons. The average molecular weight is 411 g/mol. The molecule has 0 fully saturated rings. The zero-order chi connectivity index (χ0) is 21.1. The van der Waals surface area contributed by atoms with E-state index in [0.717, 1.165) is 0 Å². The van der Waals surface area contributed by atoms with Gasteiger partial charge in [-0.15, -0.1) is 0 Å². The Hall–Kier alpha value is -2.08. The minimum absolute atomic E-state index is 0.0759. The highest BCUT2D eigenvalue weighted by molar-refractivity contribution is 6.30. The normalized spacial score (nSPS) is 17.8. The van der Waals surface area contributed by atoms with E-state index in [0.29, 0.717) is 16.1 Å². The van der Waals surface area contributed by atoms with Crippen molar-refractivity contribution in [3.05, 3.63) is 34.3 Å². The SMILES string of the molecule is CCOC(=O)C1CC(C(=O)OC(C)C)(C(=O)OC(C)C)Cc2ccc(Cl)cc21. The van der Waals surface area contributed by atoms with E-state index >= 15 is 0 Å². The van der Waals surface area contributed by atoms with Crippen LogP contribution >= 0.6 is 11.6 Å². The van der Waals surface area contributed by atoms with Gasteiger partial charge in [-0.3, -0.25) is 14.4 Å². The van der Waals surface area contributed by atoms with Gasteiger partial charge in [0.2, 0.25) is 0 Å². The third-order valence-electron chi connectivity index (χ3n) is 4.57. The smallest absolute Gasteiger partial charge is 0.324 e. The molecule has 28 heavy (non-hydrogen) atoms. The van der Waals surface area contributed by atoms with Crippen molar-refractivity contribution in [1.29, 1.82) is 0 Å². The monoisotopic (exact) mass is 410 g/mol. The third-order valence-corrected chi connectivity index (χ3v) is 4.80. The van der Waals surface area contributed by atoms with E-state index in [9.17, 15) is 14.4 Å². The molecule has 6 nitrogen and oxygen atoms in total. The number of ether oxygens (including phenoxy) is 3. The number of fused-ring (bicyclic) bond motifs is 1. The van der Waals surface area contributed by atoms with Crippen LogP contribution in [0.15, 0.2) is 18.2 Å². The van der Waals surface area contributed by atoms with Crippen LogP contribution in [0.3, 0.4) is 0 Å². The Bertz CT molecular complexity index is 733. The second-order valence-electron chi connectivity index (χ2n) is 7.52. The quantitative estimate of drug-likeness (QED) is 0.403. The molecule has 1 aromatic rings. The summed E-state index contributed by atoms with van der Waals surface area (Å²) in [5, 5.41) is 0.468. The molecule has 1 atom stereocenters. The lowest BCUT2D eigenvalue weighted by Gasteiger charge is -2.38. The summed E-state index contributed by atoms with van der Waals surface area (Å²) < 4.78 is 16.0. The van der Waals surface area contributed by atoms with Gasteiger partial charge in [-0.25, -0.2) is 0 Å². The van der Waals surface area contributed by atoms with Crippen LogP contribution in [-0.4, -0.2) is 36.7 Å². The molecular formula is C21H27ClO6. The second-order valence-corrected chi connectivity index (χ2v) is 7.96. The van der Waals surface area contributed by atoms with Crippen molar-refractivity contribution in [2.45, 2.75) is 65.6 Å². The third kappa shape index (κ3) is 4.66. The van der Waals surface area contributed by atoms with Crippen LogP contribution in [0.2, 0.25) is 5.02 Å². The number of rotatable bonds is 6. The van der Waals surface area contributed by atoms with Gasteiger partial charge in [-0.2, -0.15) is 0 Å². The molecule has 1 aliphatic rings. The molecule has 0 heterocycles. The number of hydrogen-bond donors (Lipinski definition) is 0. The highest BCUT2D eigenvalue weighted by Crippen LogP contribution is 2.46. The summed E-state index contributed by atoms with van der Waals surface area (Å²) in [5.74, 6) is -2.71. The summed E-state index contributed by atoms with van der Waals surface area (Å²) >= 11 is 6.12. The van der Waals surface area contributed by atoms with Gasteiger partial charge < -0.3 is 14.2 Å². The van der Waals surface area contributed by atoms with Crippen molar-refractivity contribution in [3.8, 4) is 0 Å². The van der Waals surface area contributed by atoms with Crippen molar-refractivity contribution in [2.75, 3.05) is 6.61 Å². The number of halogens is 1. The Morgan fingerprint density at radius 2 is 1.68 bits per heavy atom. The van der Waals surface area contributed by atoms with E-state index in [1.54, 1.807) is 52.8 Å². The molecule has 1 unspecified atom stereocenters. The molecule has 1 aliphatic carbocycles. The Kier molecular flexibility index (Phi) is 7.10. The highest BCUT2D eigenvalue weighted by atomic mass is 35.5. The van der Waals surface area contributed by atoms with E-state index in [1.165, 1.54) is 0 Å². The molecule has 0 N–H and O–H groups in total. The minimum atomic E-state index is -1.62. The fourth-order valence-electron chi connectivity index (χ4n) is 3.41. The molecule has 1 aromatic carbocycles. The summed E-state index contributed by atoms with van der Waals surface area (Å²) in [6.07, 6.45) is -0.837. The van der Waals surface area contributed by atoms with E-state index in [1.807, 2.05) is 0 Å². The molecule has 0 saturated carbocycles. The fourth-order valence-corrected chi connectivity index (χ4v) is 3.59. The molecule has 0 amide bonds. The van der Waals surface area contributed by atoms with Gasteiger partial charge in [0, 0.05) is 5.02 Å². The summed E-state index contributed by atoms with van der Waals surface area (Å²) in [6, 6.07) is 5.08. The molecule has 7 heteroatoms. The van der Waals surface area contributed by atoms with Gasteiger partial charge >= 0.3 is 17.9 Å². The first-order valence-electron chi connectivity index (χ1n) is 9.47. The van der Waals surface area contributed by atoms with E-state index in [-0.39, 0.29) is 19.4 Å². The number of hydrogen-bond acceptors (Lipinski definition) is 6. The second kappa shape index (κ2) is 8.95. The zero-order valence-corrected chi connectivity index (χ0v) is 17.7. The summed E-state index contributed by atoms with van der Waals surface area (Å²) in [5.41, 5.74) is -0.279. The molecule has 0 bridgehead atoms. The first-order chi connectivity index (χ1) is 13.1. The molecule has 2 rings (SSSR count). The van der Waals surface area contributed by atoms with Gasteiger partial charge in [-0.05, 0) is 70.7 Å². The van der Waals surface area contributed by atoms with Gasteiger partial charge in [0.15, 0.2) is 5.41 Å². The highest BCUT2D eigenvalue weighted by Gasteiger charge is 2.55. The Labute approximate surface area is 170 Å². The zero-order valence-electron chi connectivity index (χ0n) is 16.9. The Morgan fingerprint density at radius 3 is 2.18 bits per heavy atom. The van der Waals surface area contributed by atoms with Gasteiger partial charge in [0.1, 0.15) is 0 Å². The Balaban J connectivity index is 2.58. The summed E-state index contributed by atoms with van der Waals surface area (Å²) in [7, 11) is 0. The van der Waals surface area contributed by atoms with E-state index in [4.69, 9.17) is 25.8 Å². The maximum absolute atomic E-state index is 13.1. The summed E-state index contributed by atoms with van der Waals surface area (Å²) in [4.78, 5) is 38.8. The van der Waals surface area contributed by atoms with Crippen LogP contribution in [0.5, 0.6) is 0 Å². The van der Waals surface area contributed by atoms with Crippen LogP contribution in [0, 0.1) is 5.41 Å². The van der Waals surface area contributed by atoms with Crippen molar-refractivity contribution >= 4 is 29.5 Å². The molecule has 0 aromatic heterocycles. The molecule has 0 aliphatic heterocycles. The number of esters is 3. The summed E-state index contributed by atoms with van der Waals surface area (Å²) in [6.45, 7) is 8.72. The lowest BCUT2D eigenvalue weighted by atomic mass is 9.66. The van der Waals surface area contributed by atoms with Crippen LogP contribution in [0.25, 0.3) is 0 Å². The first-order valence-corrected chi connectivity index (χ1v) is 9.85. The van der Waals surface area contributed by atoms with Crippen molar-refractivity contribution in [3.63, 3.8) is 0 Å². The van der Waals surface area contributed by atoms with Crippen molar-refractivity contribution < 1.29 is 28.6 Å². The minimum Gasteiger partial charge on any atom is -0.466 e. The fraction of sp³-hybridized carbons (Fsp3) is 0.571. The number of carbonyl (C=O) groups is 3. The van der Waals surface area contributed by atoms with Crippen LogP contribution in [0.1, 0.15) is 58.1 Å². The molecule has 0 radical (unpaired) electrons. The maximum atomic E-state index is 13.1. The van der Waals surface area contributed by atoms with Crippen LogP contribution in [-0.2, 0) is 35.0 Å². The average Bonchev–Trinajstić information content (AvgIpc) is 2.59. The van der Waals surface area contributed by atoms with E-state index < -0.39 is 41.4 Å². The Morgan fingerprint density at radius 1 is 1.11 bits per heavy atom. The van der Waals surface area contributed by atoms with Gasteiger partial charge in [-0.1, -0.05) is 17.7 Å². The van der Waals surface area contributed by atoms with Gasteiger partial charge in [0.05, 0.1) is 24.7 Å². The predicted molar refractivity (Wildman–Crippen MR) is 104 cm³/mol. The predicted octanol–water partition coefficient (Wildman–Crippen LogP) is 3.82. The van der Waals surface area contributed by atoms with Gasteiger partial charge in [0.25, 0.3) is 0 Å². The lowest BCUT2D eigenvalue weighted by Crippen LogP contribution is -2.49. The standard InChI is InChI=1S/C21H27ClO6/c1-6-26-18(23)17-11-21(19(24)27-12(2)3,20(25)28-13(4)5)10-14-7-8-15(22)9-16(14)17/h7-9,12-13,17H,6,10-11H2,1-5H3. The van der Waals surface area contributed by atoms with E-state index in [2.05, 4.69) is 0 Å².